The van der Waals surface area contributed by atoms with E-state index in [-0.39, 0.29) is 5.82 Å². The molecular weight excluding hydrogens is 433 g/mol. The van der Waals surface area contributed by atoms with Crippen molar-refractivity contribution in [3.8, 4) is 11.5 Å². The van der Waals surface area contributed by atoms with E-state index < -0.39 is 0 Å². The zero-order chi connectivity index (χ0) is 23.1. The van der Waals surface area contributed by atoms with Gasteiger partial charge in [0.25, 0.3) is 0 Å². The molecular formula is C25H18FN7O. The normalized spacial score (nSPS) is 11.4. The first kappa shape index (κ1) is 20.0. The predicted octanol–water partition coefficient (Wildman–Crippen LogP) is 5.27. The number of benzene rings is 3. The van der Waals surface area contributed by atoms with Gasteiger partial charge in [0.1, 0.15) is 5.82 Å². The highest BCUT2D eigenvalue weighted by molar-refractivity contribution is 5.85. The number of anilines is 2. The second kappa shape index (κ2) is 8.04. The van der Waals surface area contributed by atoms with Gasteiger partial charge in [-0.1, -0.05) is 12.1 Å². The van der Waals surface area contributed by atoms with Crippen molar-refractivity contribution in [1.82, 2.24) is 29.9 Å². The highest BCUT2D eigenvalue weighted by Gasteiger charge is 2.09. The maximum Gasteiger partial charge on any atom is 0.247 e. The Bertz CT molecular complexity index is 1660. The highest BCUT2D eigenvalue weighted by atomic mass is 19.1. The molecule has 0 amide bonds. The number of fused-ring (bicyclic) bond motifs is 2. The lowest BCUT2D eigenvalue weighted by Gasteiger charge is -2.08. The smallest absolute Gasteiger partial charge is 0.247 e. The zero-order valence-corrected chi connectivity index (χ0v) is 18.1. The van der Waals surface area contributed by atoms with Crippen LogP contribution in [-0.2, 0) is 6.54 Å². The number of aromatic nitrogens is 6. The van der Waals surface area contributed by atoms with Gasteiger partial charge in [-0.25, -0.2) is 14.4 Å². The van der Waals surface area contributed by atoms with E-state index in [0.717, 1.165) is 38.6 Å². The summed E-state index contributed by atoms with van der Waals surface area (Å²) in [6.07, 6.45) is 3.55. The Balaban J connectivity index is 1.24. The Labute approximate surface area is 193 Å². The minimum atomic E-state index is -0.253. The van der Waals surface area contributed by atoms with Gasteiger partial charge in [-0.2, -0.15) is 5.10 Å². The minimum Gasteiger partial charge on any atom is -0.421 e. The number of nitrogens with zero attached hydrogens (tertiary/aromatic N) is 6. The van der Waals surface area contributed by atoms with Crippen molar-refractivity contribution in [3.63, 3.8) is 0 Å². The van der Waals surface area contributed by atoms with Gasteiger partial charge in [-0.15, -0.1) is 10.2 Å². The largest absolute Gasteiger partial charge is 0.421 e. The van der Waals surface area contributed by atoms with Gasteiger partial charge < -0.3 is 9.73 Å². The van der Waals surface area contributed by atoms with E-state index in [1.807, 2.05) is 47.1 Å². The maximum atomic E-state index is 13.5. The standard InChI is InChI=1S/C25H18FN7O/c1-15-31-32-24(34-15)17-5-7-22-18(10-17)12-27-25(30-22)29-21-6-8-23-19(11-21)13-28-33(23)14-16-3-2-4-20(26)9-16/h2-13H,14H2,1H3,(H,27,29,30). The molecule has 0 radical (unpaired) electrons. The van der Waals surface area contributed by atoms with E-state index >= 15 is 0 Å². The molecule has 0 aliphatic carbocycles. The molecule has 6 aromatic rings. The van der Waals surface area contributed by atoms with Crippen LogP contribution in [0.1, 0.15) is 11.5 Å². The van der Waals surface area contributed by atoms with Crippen molar-refractivity contribution in [3.05, 3.63) is 90.3 Å². The number of nitrogens with one attached hydrogen (secondary N) is 1. The summed E-state index contributed by atoms with van der Waals surface area (Å²) >= 11 is 0. The zero-order valence-electron chi connectivity index (χ0n) is 18.1. The molecule has 3 heterocycles. The Kier molecular flexibility index (Phi) is 4.72. The number of halogens is 1. The Hall–Kier alpha value is -4.66. The number of aryl methyl sites for hydroxylation is 1. The Morgan fingerprint density at radius 3 is 2.76 bits per heavy atom. The summed E-state index contributed by atoms with van der Waals surface area (Å²) in [5, 5.41) is 17.5. The molecule has 9 heteroatoms. The van der Waals surface area contributed by atoms with Gasteiger partial charge in [-0.05, 0) is 54.1 Å². The van der Waals surface area contributed by atoms with Crippen LogP contribution in [0.2, 0.25) is 0 Å². The quantitative estimate of drug-likeness (QED) is 0.382. The second-order valence-electron chi connectivity index (χ2n) is 7.92. The molecule has 0 bridgehead atoms. The van der Waals surface area contributed by atoms with Crippen molar-refractivity contribution in [2.45, 2.75) is 13.5 Å². The van der Waals surface area contributed by atoms with Crippen LogP contribution < -0.4 is 5.32 Å². The lowest BCUT2D eigenvalue weighted by molar-refractivity contribution is 0.533. The summed E-state index contributed by atoms with van der Waals surface area (Å²) < 4.78 is 20.9. The molecule has 0 atom stereocenters. The number of rotatable bonds is 5. The molecule has 0 saturated heterocycles. The van der Waals surface area contributed by atoms with Crippen molar-refractivity contribution in [1.29, 1.82) is 0 Å². The molecule has 3 aromatic carbocycles. The van der Waals surface area contributed by atoms with Crippen LogP contribution in [0.25, 0.3) is 33.3 Å². The topological polar surface area (TPSA) is 94.6 Å². The van der Waals surface area contributed by atoms with Crippen molar-refractivity contribution in [2.24, 2.45) is 0 Å². The van der Waals surface area contributed by atoms with Gasteiger partial charge in [0, 0.05) is 35.1 Å². The predicted molar refractivity (Wildman–Crippen MR) is 126 cm³/mol. The van der Waals surface area contributed by atoms with E-state index in [4.69, 9.17) is 4.42 Å². The molecule has 166 valence electrons. The highest BCUT2D eigenvalue weighted by Crippen LogP contribution is 2.25. The monoisotopic (exact) mass is 451 g/mol. The van der Waals surface area contributed by atoms with E-state index in [1.165, 1.54) is 12.1 Å². The average molecular weight is 451 g/mol. The Morgan fingerprint density at radius 1 is 0.971 bits per heavy atom. The third kappa shape index (κ3) is 3.83. The lowest BCUT2D eigenvalue weighted by atomic mass is 10.1. The van der Waals surface area contributed by atoms with Crippen LogP contribution in [0, 0.1) is 12.7 Å². The molecule has 1 N–H and O–H groups in total. The Morgan fingerprint density at radius 2 is 1.91 bits per heavy atom. The van der Waals surface area contributed by atoms with Crippen LogP contribution in [0.3, 0.4) is 0 Å². The van der Waals surface area contributed by atoms with Crippen LogP contribution in [0.5, 0.6) is 0 Å². The van der Waals surface area contributed by atoms with Crippen LogP contribution in [0.4, 0.5) is 16.0 Å². The molecule has 8 nitrogen and oxygen atoms in total. The maximum absolute atomic E-state index is 13.5. The molecule has 6 rings (SSSR count). The van der Waals surface area contributed by atoms with Crippen molar-refractivity contribution >= 4 is 33.4 Å². The summed E-state index contributed by atoms with van der Waals surface area (Å²) in [6.45, 7) is 2.25. The molecule has 0 fully saturated rings. The van der Waals surface area contributed by atoms with E-state index in [2.05, 4.69) is 30.6 Å². The molecule has 34 heavy (non-hydrogen) atoms. The van der Waals surface area contributed by atoms with Crippen molar-refractivity contribution < 1.29 is 8.81 Å². The fourth-order valence-electron chi connectivity index (χ4n) is 3.87. The van der Waals surface area contributed by atoms with Gasteiger partial charge in [0.05, 0.1) is 23.8 Å². The van der Waals surface area contributed by atoms with E-state index in [9.17, 15) is 4.39 Å². The van der Waals surface area contributed by atoms with Gasteiger partial charge in [0.15, 0.2) is 0 Å². The van der Waals surface area contributed by atoms with Crippen LogP contribution >= 0.6 is 0 Å². The number of hydrogen-bond donors (Lipinski definition) is 1. The summed E-state index contributed by atoms with van der Waals surface area (Å²) in [4.78, 5) is 9.06. The second-order valence-corrected chi connectivity index (χ2v) is 7.92. The molecule has 0 spiro atoms. The summed E-state index contributed by atoms with van der Waals surface area (Å²) in [5.74, 6) is 1.22. The number of hydrogen-bond acceptors (Lipinski definition) is 7. The third-order valence-corrected chi connectivity index (χ3v) is 5.47. The summed E-state index contributed by atoms with van der Waals surface area (Å²) in [6, 6.07) is 18.2. The van der Waals surface area contributed by atoms with Crippen molar-refractivity contribution in [2.75, 3.05) is 5.32 Å². The van der Waals surface area contributed by atoms with Gasteiger partial charge in [0.2, 0.25) is 17.7 Å². The lowest BCUT2D eigenvalue weighted by Crippen LogP contribution is -2.01. The summed E-state index contributed by atoms with van der Waals surface area (Å²) in [7, 11) is 0. The molecule has 0 saturated carbocycles. The fraction of sp³-hybridized carbons (Fsp3) is 0.0800. The SMILES string of the molecule is Cc1nnc(-c2ccc3nc(Nc4ccc5c(cnn5Cc5cccc(F)c5)c4)ncc3c2)o1. The van der Waals surface area contributed by atoms with Gasteiger partial charge in [-0.3, -0.25) is 4.68 Å². The average Bonchev–Trinajstić information content (AvgIpc) is 3.45. The molecule has 0 unspecified atom stereocenters. The first-order valence-electron chi connectivity index (χ1n) is 10.6. The summed E-state index contributed by atoms with van der Waals surface area (Å²) in [5.41, 5.74) is 4.27. The first-order chi connectivity index (χ1) is 16.6. The van der Waals surface area contributed by atoms with Crippen LogP contribution in [0.15, 0.2) is 77.5 Å². The fourth-order valence-corrected chi connectivity index (χ4v) is 3.87. The van der Waals surface area contributed by atoms with E-state index in [1.54, 1.807) is 25.4 Å². The minimum absolute atomic E-state index is 0.253. The molecule has 3 aromatic heterocycles. The third-order valence-electron chi connectivity index (χ3n) is 5.47. The van der Waals surface area contributed by atoms with Gasteiger partial charge >= 0.3 is 0 Å². The first-order valence-corrected chi connectivity index (χ1v) is 10.6. The van der Waals surface area contributed by atoms with E-state index in [0.29, 0.717) is 24.3 Å². The molecule has 0 aliphatic rings. The van der Waals surface area contributed by atoms with Crippen LogP contribution in [-0.4, -0.2) is 29.9 Å². The molecule has 0 aliphatic heterocycles.